The zero-order valence-corrected chi connectivity index (χ0v) is 18.9. The van der Waals surface area contributed by atoms with Crippen LogP contribution in [0.25, 0.3) is 0 Å². The zero-order chi connectivity index (χ0) is 21.0. The molecule has 5 heteroatoms. The van der Waals surface area contributed by atoms with Crippen molar-refractivity contribution in [3.05, 3.63) is 89.5 Å². The highest BCUT2D eigenvalue weighted by Gasteiger charge is 2.29. The third-order valence-corrected chi connectivity index (χ3v) is 6.48. The molecular weight excluding hydrogens is 418 g/mol. The maximum atomic E-state index is 9.01. The Morgan fingerprint density at radius 2 is 1.69 bits per heavy atom. The van der Waals surface area contributed by atoms with E-state index < -0.39 is 0 Å². The molecule has 2 aliphatic heterocycles. The zero-order valence-electron chi connectivity index (χ0n) is 18.1. The van der Waals surface area contributed by atoms with E-state index in [9.17, 15) is 0 Å². The van der Waals surface area contributed by atoms with Gasteiger partial charge in [-0.3, -0.25) is 4.90 Å². The molecule has 0 N–H and O–H groups in total. The van der Waals surface area contributed by atoms with Crippen molar-refractivity contribution in [2.75, 3.05) is 24.5 Å². The normalized spacial score (nSPS) is 17.3. The Morgan fingerprint density at radius 3 is 2.50 bits per heavy atom. The predicted molar refractivity (Wildman–Crippen MR) is 131 cm³/mol. The van der Waals surface area contributed by atoms with Gasteiger partial charge in [-0.25, -0.2) is 0 Å². The van der Waals surface area contributed by atoms with E-state index in [0.717, 1.165) is 43.1 Å². The fourth-order valence-electron chi connectivity index (χ4n) is 4.81. The van der Waals surface area contributed by atoms with Crippen LogP contribution in [0, 0.1) is 11.3 Å². The monoisotopic (exact) mass is 445 g/mol. The maximum absolute atomic E-state index is 9.01. The summed E-state index contributed by atoms with van der Waals surface area (Å²) in [5.41, 5.74) is 5.67. The number of hydrogen-bond donors (Lipinski definition) is 0. The van der Waals surface area contributed by atoms with Gasteiger partial charge in [-0.2, -0.15) is 5.26 Å². The predicted octanol–water partition coefficient (Wildman–Crippen LogP) is 5.72. The van der Waals surface area contributed by atoms with Crippen molar-refractivity contribution in [3.8, 4) is 11.8 Å². The third-order valence-electron chi connectivity index (χ3n) is 6.48. The highest BCUT2D eigenvalue weighted by molar-refractivity contribution is 5.85. The quantitative estimate of drug-likeness (QED) is 0.503. The molecule has 164 valence electrons. The summed E-state index contributed by atoms with van der Waals surface area (Å²) in [4.78, 5) is 5.09. The summed E-state index contributed by atoms with van der Waals surface area (Å²) in [6.07, 6.45) is 3.47. The Labute approximate surface area is 196 Å². The lowest BCUT2D eigenvalue weighted by Gasteiger charge is -2.32. The van der Waals surface area contributed by atoms with Crippen molar-refractivity contribution in [1.82, 2.24) is 4.90 Å². The molecule has 1 saturated heterocycles. The first-order chi connectivity index (χ1) is 15.3. The van der Waals surface area contributed by atoms with E-state index in [1.807, 2.05) is 18.2 Å². The SMILES string of the molecule is Cl.N#Cc1ccc(CCN2CCCC2CN2c3ccccc3COc3ccccc32)cc1. The maximum Gasteiger partial charge on any atom is 0.143 e. The Bertz CT molecular complexity index is 1050. The van der Waals surface area contributed by atoms with Gasteiger partial charge in [0.15, 0.2) is 0 Å². The number of halogens is 1. The Morgan fingerprint density at radius 1 is 0.938 bits per heavy atom. The standard InChI is InChI=1S/C27H27N3O.ClH/c28-18-22-13-11-21(12-14-22)15-17-29-16-5-7-24(29)19-30-25-8-2-1-6-23(25)20-31-27-10-4-3-9-26(27)30;/h1-4,6,8-14,24H,5,7,15-17,19-20H2;1H. The van der Waals surface area contributed by atoms with Crippen LogP contribution in [0.4, 0.5) is 11.4 Å². The van der Waals surface area contributed by atoms with Gasteiger partial charge in [0.05, 0.1) is 17.3 Å². The highest BCUT2D eigenvalue weighted by atomic mass is 35.5. The minimum absolute atomic E-state index is 0. The van der Waals surface area contributed by atoms with Crippen molar-refractivity contribution in [2.24, 2.45) is 0 Å². The van der Waals surface area contributed by atoms with Crippen molar-refractivity contribution < 1.29 is 4.74 Å². The number of rotatable bonds is 5. The van der Waals surface area contributed by atoms with Crippen LogP contribution in [-0.4, -0.2) is 30.6 Å². The number of ether oxygens (including phenoxy) is 1. The second-order valence-corrected chi connectivity index (χ2v) is 8.39. The van der Waals surface area contributed by atoms with Gasteiger partial charge in [-0.1, -0.05) is 42.5 Å². The minimum Gasteiger partial charge on any atom is -0.487 e. The average Bonchev–Trinajstić information content (AvgIpc) is 3.21. The summed E-state index contributed by atoms with van der Waals surface area (Å²) in [5.74, 6) is 0.959. The molecule has 0 amide bonds. The summed E-state index contributed by atoms with van der Waals surface area (Å²) in [6.45, 7) is 3.76. The van der Waals surface area contributed by atoms with Crippen LogP contribution in [0.1, 0.15) is 29.5 Å². The summed E-state index contributed by atoms with van der Waals surface area (Å²) in [5, 5.41) is 9.01. The molecule has 2 heterocycles. The van der Waals surface area contributed by atoms with Gasteiger partial charge >= 0.3 is 0 Å². The summed E-state index contributed by atoms with van der Waals surface area (Å²) in [6, 6.07) is 27.7. The van der Waals surface area contributed by atoms with E-state index in [4.69, 9.17) is 10.00 Å². The Balaban J connectivity index is 0.00000245. The summed E-state index contributed by atoms with van der Waals surface area (Å²) >= 11 is 0. The van der Waals surface area contributed by atoms with Crippen molar-refractivity contribution >= 4 is 23.8 Å². The molecule has 4 nitrogen and oxygen atoms in total. The van der Waals surface area contributed by atoms with Crippen molar-refractivity contribution in [2.45, 2.75) is 31.9 Å². The Hall–Kier alpha value is -3.00. The van der Waals surface area contributed by atoms with Gasteiger partial charge in [0, 0.05) is 30.4 Å². The van der Waals surface area contributed by atoms with Gasteiger partial charge in [0.1, 0.15) is 12.4 Å². The summed E-state index contributed by atoms with van der Waals surface area (Å²) in [7, 11) is 0. The van der Waals surface area contributed by atoms with E-state index in [-0.39, 0.29) is 12.4 Å². The number of likely N-dealkylation sites (tertiary alicyclic amines) is 1. The van der Waals surface area contributed by atoms with Crippen molar-refractivity contribution in [1.29, 1.82) is 5.26 Å². The number of para-hydroxylation sites is 3. The molecule has 0 saturated carbocycles. The van der Waals surface area contributed by atoms with Crippen LogP contribution in [-0.2, 0) is 13.0 Å². The first-order valence-corrected chi connectivity index (χ1v) is 11.1. The summed E-state index contributed by atoms with van der Waals surface area (Å²) < 4.78 is 6.14. The molecule has 1 unspecified atom stereocenters. The topological polar surface area (TPSA) is 39.5 Å². The molecule has 1 atom stereocenters. The largest absolute Gasteiger partial charge is 0.487 e. The van der Waals surface area contributed by atoms with Crippen LogP contribution in [0.2, 0.25) is 0 Å². The highest BCUT2D eigenvalue weighted by Crippen LogP contribution is 2.40. The molecule has 3 aromatic carbocycles. The smallest absolute Gasteiger partial charge is 0.143 e. The van der Waals surface area contributed by atoms with Gasteiger partial charge in [0.2, 0.25) is 0 Å². The molecule has 0 radical (unpaired) electrons. The lowest BCUT2D eigenvalue weighted by Crippen LogP contribution is -2.39. The number of nitriles is 1. The van der Waals surface area contributed by atoms with Gasteiger partial charge in [-0.05, 0) is 61.7 Å². The van der Waals surface area contributed by atoms with Gasteiger partial charge in [-0.15, -0.1) is 12.4 Å². The molecule has 32 heavy (non-hydrogen) atoms. The van der Waals surface area contributed by atoms with E-state index in [1.165, 1.54) is 29.7 Å². The molecule has 3 aromatic rings. The number of hydrogen-bond acceptors (Lipinski definition) is 4. The fourth-order valence-corrected chi connectivity index (χ4v) is 4.81. The fraction of sp³-hybridized carbons (Fsp3) is 0.296. The van der Waals surface area contributed by atoms with Gasteiger partial charge < -0.3 is 9.64 Å². The molecule has 0 aliphatic carbocycles. The average molecular weight is 446 g/mol. The number of benzene rings is 3. The molecular formula is C27H28ClN3O. The first kappa shape index (κ1) is 22.2. The lowest BCUT2D eigenvalue weighted by molar-refractivity contribution is 0.261. The number of anilines is 2. The third kappa shape index (κ3) is 4.60. The van der Waals surface area contributed by atoms with Gasteiger partial charge in [0.25, 0.3) is 0 Å². The van der Waals surface area contributed by atoms with Crippen LogP contribution in [0.15, 0.2) is 72.8 Å². The minimum atomic E-state index is 0. The molecule has 1 fully saturated rings. The second kappa shape index (κ2) is 10.1. The van der Waals surface area contributed by atoms with E-state index in [1.54, 1.807) is 0 Å². The van der Waals surface area contributed by atoms with Crippen LogP contribution in [0.5, 0.6) is 5.75 Å². The van der Waals surface area contributed by atoms with E-state index >= 15 is 0 Å². The number of fused-ring (bicyclic) bond motifs is 2. The molecule has 5 rings (SSSR count). The lowest BCUT2D eigenvalue weighted by atomic mass is 10.1. The van der Waals surface area contributed by atoms with Crippen LogP contribution in [0.3, 0.4) is 0 Å². The van der Waals surface area contributed by atoms with Crippen LogP contribution < -0.4 is 9.64 Å². The van der Waals surface area contributed by atoms with Crippen LogP contribution >= 0.6 is 12.4 Å². The molecule has 2 aliphatic rings. The first-order valence-electron chi connectivity index (χ1n) is 11.1. The van der Waals surface area contributed by atoms with E-state index in [2.05, 4.69) is 70.5 Å². The number of nitrogens with zero attached hydrogens (tertiary/aromatic N) is 3. The molecule has 0 aromatic heterocycles. The Kier molecular flexibility index (Phi) is 6.99. The van der Waals surface area contributed by atoms with Crippen molar-refractivity contribution in [3.63, 3.8) is 0 Å². The molecule has 0 spiro atoms. The molecule has 0 bridgehead atoms. The second-order valence-electron chi connectivity index (χ2n) is 8.39. The van der Waals surface area contributed by atoms with E-state index in [0.29, 0.717) is 12.6 Å².